The number of carbonyl (C=O) groups is 3. The van der Waals surface area contributed by atoms with Crippen molar-refractivity contribution in [3.8, 4) is 11.5 Å². The van der Waals surface area contributed by atoms with Crippen molar-refractivity contribution in [3.05, 3.63) is 88.6 Å². The first kappa shape index (κ1) is 26.8. The smallest absolute Gasteiger partial charge is 0.283 e. The van der Waals surface area contributed by atoms with Crippen LogP contribution in [-0.2, 0) is 9.59 Å². The number of thioether (sulfide) groups is 1. The van der Waals surface area contributed by atoms with Crippen LogP contribution < -0.4 is 25.4 Å². The fraction of sp³-hybridized carbons (Fsp3) is 0.111. The van der Waals surface area contributed by atoms with Crippen LogP contribution in [0.5, 0.6) is 11.5 Å². The van der Waals surface area contributed by atoms with Gasteiger partial charge in [-0.15, -0.1) is 0 Å². The van der Waals surface area contributed by atoms with Crippen molar-refractivity contribution in [2.45, 2.75) is 0 Å². The molecule has 3 aromatic rings. The number of nitrogens with one attached hydrogen (secondary N) is 1. The lowest BCUT2D eigenvalue weighted by molar-refractivity contribution is -0.114. The minimum Gasteiger partial charge on any atom is -0.497 e. The molecule has 4 rings (SSSR count). The van der Waals surface area contributed by atoms with Gasteiger partial charge in [0, 0.05) is 17.3 Å². The van der Waals surface area contributed by atoms with Gasteiger partial charge >= 0.3 is 0 Å². The quantitative estimate of drug-likeness (QED) is 0.396. The fourth-order valence-electron chi connectivity index (χ4n) is 3.51. The highest BCUT2D eigenvalue weighted by molar-refractivity contribution is 8.14. The van der Waals surface area contributed by atoms with Gasteiger partial charge in [-0.25, -0.2) is 4.99 Å². The molecule has 194 valence electrons. The first-order valence-electron chi connectivity index (χ1n) is 11.2. The van der Waals surface area contributed by atoms with Crippen LogP contribution in [0.2, 0.25) is 5.02 Å². The minimum atomic E-state index is -0.556. The number of nitrogens with two attached hydrogens (primary N) is 1. The maximum Gasteiger partial charge on any atom is 0.283 e. The molecule has 0 fully saturated rings. The molecular weight excluding hydrogens is 528 g/mol. The van der Waals surface area contributed by atoms with Crippen molar-refractivity contribution in [3.63, 3.8) is 0 Å². The zero-order valence-corrected chi connectivity index (χ0v) is 22.0. The average molecular weight is 551 g/mol. The standard InChI is InChI=1S/C27H23ClN4O5S/c1-36-20-10-3-16(4-11-20)13-22-26(35)32(19-9-12-21(28)23(14-19)37-2)27(31-22)38-15-24(33)30-18-7-5-17(6-8-18)25(29)34/h3-14H,15H2,1-2H3,(H2,29,34)(H,30,33). The van der Waals surface area contributed by atoms with E-state index in [0.717, 1.165) is 17.3 Å². The molecule has 3 aromatic carbocycles. The lowest BCUT2D eigenvalue weighted by atomic mass is 10.2. The summed E-state index contributed by atoms with van der Waals surface area (Å²) in [6.45, 7) is 0. The highest BCUT2D eigenvalue weighted by Gasteiger charge is 2.33. The molecule has 0 spiro atoms. The van der Waals surface area contributed by atoms with Crippen LogP contribution in [0.25, 0.3) is 6.08 Å². The number of hydrogen-bond donors (Lipinski definition) is 2. The third kappa shape index (κ3) is 6.16. The summed E-state index contributed by atoms with van der Waals surface area (Å²) in [6.07, 6.45) is 1.66. The molecule has 0 unspecified atom stereocenters. The third-order valence-corrected chi connectivity index (χ3v) is 6.68. The van der Waals surface area contributed by atoms with E-state index >= 15 is 0 Å². The van der Waals surface area contributed by atoms with Crippen LogP contribution in [0.3, 0.4) is 0 Å². The number of ether oxygens (including phenoxy) is 2. The van der Waals surface area contributed by atoms with Crippen molar-refractivity contribution in [2.75, 3.05) is 30.2 Å². The predicted octanol–water partition coefficient (Wildman–Crippen LogP) is 4.57. The van der Waals surface area contributed by atoms with E-state index in [1.54, 1.807) is 55.7 Å². The van der Waals surface area contributed by atoms with E-state index in [-0.39, 0.29) is 23.3 Å². The number of benzene rings is 3. The Morgan fingerprint density at radius 3 is 2.39 bits per heavy atom. The van der Waals surface area contributed by atoms with E-state index < -0.39 is 5.91 Å². The summed E-state index contributed by atoms with van der Waals surface area (Å²) in [6, 6.07) is 18.3. The van der Waals surface area contributed by atoms with Crippen LogP contribution in [0.4, 0.5) is 11.4 Å². The molecule has 0 saturated carbocycles. The number of anilines is 2. The Labute approximate surface area is 228 Å². The monoisotopic (exact) mass is 550 g/mol. The molecule has 1 heterocycles. The lowest BCUT2D eigenvalue weighted by Gasteiger charge is -2.19. The molecule has 11 heteroatoms. The first-order valence-corrected chi connectivity index (χ1v) is 12.6. The number of halogens is 1. The van der Waals surface area contributed by atoms with Crippen LogP contribution >= 0.6 is 23.4 Å². The van der Waals surface area contributed by atoms with E-state index in [1.807, 2.05) is 12.1 Å². The first-order chi connectivity index (χ1) is 18.3. The van der Waals surface area contributed by atoms with Gasteiger partial charge in [0.1, 0.15) is 17.2 Å². The Morgan fingerprint density at radius 2 is 1.76 bits per heavy atom. The summed E-state index contributed by atoms with van der Waals surface area (Å²) in [5.74, 6) is -0.185. The van der Waals surface area contributed by atoms with Crippen molar-refractivity contribution < 1.29 is 23.9 Å². The number of carbonyl (C=O) groups excluding carboxylic acids is 3. The van der Waals surface area contributed by atoms with E-state index in [0.29, 0.717) is 38.6 Å². The largest absolute Gasteiger partial charge is 0.497 e. The minimum absolute atomic E-state index is 0.0271. The molecule has 0 aromatic heterocycles. The summed E-state index contributed by atoms with van der Waals surface area (Å²) in [5.41, 5.74) is 7.54. The fourth-order valence-corrected chi connectivity index (χ4v) is 4.52. The second-order valence-corrected chi connectivity index (χ2v) is 9.28. The van der Waals surface area contributed by atoms with Gasteiger partial charge in [0.05, 0.1) is 30.7 Å². The number of hydrogen-bond acceptors (Lipinski definition) is 7. The second kappa shape index (κ2) is 11.8. The molecular formula is C27H23ClN4O5S. The van der Waals surface area contributed by atoms with Crippen LogP contribution in [0.1, 0.15) is 15.9 Å². The number of nitrogens with zero attached hydrogens (tertiary/aromatic N) is 2. The van der Waals surface area contributed by atoms with Gasteiger partial charge in [0.15, 0.2) is 5.17 Å². The van der Waals surface area contributed by atoms with Crippen LogP contribution in [0, 0.1) is 0 Å². The normalized spacial score (nSPS) is 13.9. The molecule has 0 saturated heterocycles. The molecule has 0 bridgehead atoms. The molecule has 0 aliphatic carbocycles. The Bertz CT molecular complexity index is 1440. The maximum atomic E-state index is 13.4. The topological polar surface area (TPSA) is 123 Å². The summed E-state index contributed by atoms with van der Waals surface area (Å²) in [7, 11) is 3.06. The Kier molecular flexibility index (Phi) is 8.35. The van der Waals surface area contributed by atoms with Crippen molar-refractivity contribution in [1.82, 2.24) is 0 Å². The number of amidine groups is 1. The number of amides is 3. The number of aliphatic imine (C=N–C) groups is 1. The molecule has 9 nitrogen and oxygen atoms in total. The van der Waals surface area contributed by atoms with Gasteiger partial charge in [0.25, 0.3) is 5.91 Å². The lowest BCUT2D eigenvalue weighted by Crippen LogP contribution is -2.31. The van der Waals surface area contributed by atoms with Gasteiger partial charge in [0.2, 0.25) is 11.8 Å². The molecule has 1 aliphatic heterocycles. The van der Waals surface area contributed by atoms with Gasteiger partial charge in [-0.2, -0.15) is 0 Å². The number of rotatable bonds is 8. The summed E-state index contributed by atoms with van der Waals surface area (Å²) >= 11 is 7.28. The van der Waals surface area contributed by atoms with E-state index in [1.165, 1.54) is 24.1 Å². The van der Waals surface area contributed by atoms with Crippen molar-refractivity contribution >= 4 is 63.7 Å². The molecule has 0 atom stereocenters. The summed E-state index contributed by atoms with van der Waals surface area (Å²) in [4.78, 5) is 43.3. The molecule has 3 N–H and O–H groups in total. The van der Waals surface area contributed by atoms with Crippen molar-refractivity contribution in [1.29, 1.82) is 0 Å². The van der Waals surface area contributed by atoms with Crippen molar-refractivity contribution in [2.24, 2.45) is 10.7 Å². The molecule has 1 aliphatic rings. The Morgan fingerprint density at radius 1 is 1.05 bits per heavy atom. The van der Waals surface area contributed by atoms with Gasteiger partial charge < -0.3 is 20.5 Å². The zero-order valence-electron chi connectivity index (χ0n) is 20.4. The molecule has 38 heavy (non-hydrogen) atoms. The Hall–Kier alpha value is -4.28. The summed E-state index contributed by atoms with van der Waals surface area (Å²) < 4.78 is 10.5. The highest BCUT2D eigenvalue weighted by atomic mass is 35.5. The zero-order chi connectivity index (χ0) is 27.2. The van der Waals surface area contributed by atoms with Gasteiger partial charge in [-0.1, -0.05) is 35.5 Å². The van der Waals surface area contributed by atoms with E-state index in [9.17, 15) is 14.4 Å². The SMILES string of the molecule is COc1ccc(C=C2N=C(SCC(=O)Nc3ccc(C(N)=O)cc3)N(c3ccc(Cl)c(OC)c3)C2=O)cc1. The van der Waals surface area contributed by atoms with E-state index in [2.05, 4.69) is 10.3 Å². The summed E-state index contributed by atoms with van der Waals surface area (Å²) in [5, 5.41) is 3.46. The predicted molar refractivity (Wildman–Crippen MR) is 150 cm³/mol. The van der Waals surface area contributed by atoms with E-state index in [4.69, 9.17) is 26.8 Å². The maximum absolute atomic E-state index is 13.4. The number of methoxy groups -OCH3 is 2. The number of primary amides is 1. The van der Waals surface area contributed by atoms with Crippen LogP contribution in [-0.4, -0.2) is 42.9 Å². The molecule has 0 radical (unpaired) electrons. The molecule has 3 amide bonds. The highest BCUT2D eigenvalue weighted by Crippen LogP contribution is 2.34. The Balaban J connectivity index is 1.57. The average Bonchev–Trinajstić information content (AvgIpc) is 3.23. The van der Waals surface area contributed by atoms with Gasteiger partial charge in [-0.05, 0) is 60.2 Å². The van der Waals surface area contributed by atoms with Crippen LogP contribution in [0.15, 0.2) is 77.4 Å². The second-order valence-electron chi connectivity index (χ2n) is 7.93. The van der Waals surface area contributed by atoms with Gasteiger partial charge in [-0.3, -0.25) is 19.3 Å². The third-order valence-electron chi connectivity index (χ3n) is 5.43.